The van der Waals surface area contributed by atoms with Crippen molar-refractivity contribution in [2.75, 3.05) is 11.9 Å². The van der Waals surface area contributed by atoms with Crippen LogP contribution in [-0.2, 0) is 0 Å². The lowest BCUT2D eigenvalue weighted by Gasteiger charge is -2.27. The summed E-state index contributed by atoms with van der Waals surface area (Å²) in [6.07, 6.45) is 3.12. The Bertz CT molecular complexity index is 611. The smallest absolute Gasteiger partial charge is 0.158 e. The van der Waals surface area contributed by atoms with Gasteiger partial charge >= 0.3 is 0 Å². The molecule has 1 heterocycles. The van der Waals surface area contributed by atoms with Crippen LogP contribution in [0.3, 0.4) is 0 Å². The van der Waals surface area contributed by atoms with Crippen LogP contribution in [0.25, 0.3) is 0 Å². The van der Waals surface area contributed by atoms with Gasteiger partial charge in [0.1, 0.15) is 11.5 Å². The van der Waals surface area contributed by atoms with Crippen molar-refractivity contribution >= 4 is 23.3 Å². The number of hydrogen-bond acceptors (Lipinski definition) is 4. The van der Waals surface area contributed by atoms with Crippen molar-refractivity contribution in [3.05, 3.63) is 52.9 Å². The van der Waals surface area contributed by atoms with Crippen LogP contribution in [0.15, 0.2) is 36.7 Å². The molecule has 0 saturated heterocycles. The van der Waals surface area contributed by atoms with E-state index in [0.717, 1.165) is 5.56 Å². The van der Waals surface area contributed by atoms with Crippen molar-refractivity contribution in [2.24, 2.45) is 5.73 Å². The highest BCUT2D eigenvalue weighted by atomic mass is 35.5. The first kappa shape index (κ1) is 14.3. The number of nitrogens with one attached hydrogen (secondary N) is 1. The molecule has 0 aliphatic heterocycles. The standard InChI is InChI=1S/C14H16ClN5/c1-9(10-3-5-11(15)6-4-10)20(2)14-12(13(16)17)18-7-8-19-14/h3-9H,1-2H3,(H3,16,17). The first-order chi connectivity index (χ1) is 9.50. The molecule has 5 nitrogen and oxygen atoms in total. The van der Waals surface area contributed by atoms with Crippen LogP contribution < -0.4 is 10.6 Å². The lowest BCUT2D eigenvalue weighted by Crippen LogP contribution is -2.27. The van der Waals surface area contributed by atoms with Crippen molar-refractivity contribution < 1.29 is 0 Å². The third kappa shape index (κ3) is 2.88. The summed E-state index contributed by atoms with van der Waals surface area (Å²) in [6, 6.07) is 7.69. The Labute approximate surface area is 122 Å². The van der Waals surface area contributed by atoms with Crippen molar-refractivity contribution in [3.8, 4) is 0 Å². The van der Waals surface area contributed by atoms with Crippen LogP contribution in [0.4, 0.5) is 5.82 Å². The number of rotatable bonds is 4. The minimum absolute atomic E-state index is 0.0575. The molecule has 1 unspecified atom stereocenters. The summed E-state index contributed by atoms with van der Waals surface area (Å²) in [4.78, 5) is 10.3. The van der Waals surface area contributed by atoms with E-state index < -0.39 is 0 Å². The number of aromatic nitrogens is 2. The molecule has 0 fully saturated rings. The van der Waals surface area contributed by atoms with E-state index >= 15 is 0 Å². The van der Waals surface area contributed by atoms with E-state index in [4.69, 9.17) is 22.7 Å². The lowest BCUT2D eigenvalue weighted by molar-refractivity contribution is 0.725. The predicted molar refractivity (Wildman–Crippen MR) is 81.3 cm³/mol. The molecule has 2 rings (SSSR count). The molecule has 0 radical (unpaired) electrons. The molecule has 0 aliphatic rings. The van der Waals surface area contributed by atoms with Crippen LogP contribution in [-0.4, -0.2) is 22.9 Å². The molecule has 1 aromatic carbocycles. The van der Waals surface area contributed by atoms with Gasteiger partial charge in [-0.05, 0) is 24.6 Å². The van der Waals surface area contributed by atoms with Crippen LogP contribution in [0.2, 0.25) is 5.02 Å². The second kappa shape index (κ2) is 5.88. The van der Waals surface area contributed by atoms with Gasteiger partial charge in [-0.15, -0.1) is 0 Å². The average Bonchev–Trinajstić information content (AvgIpc) is 2.46. The van der Waals surface area contributed by atoms with Gasteiger partial charge in [0.2, 0.25) is 0 Å². The Morgan fingerprint density at radius 1 is 1.25 bits per heavy atom. The Morgan fingerprint density at radius 3 is 2.45 bits per heavy atom. The minimum atomic E-state index is -0.0942. The third-order valence-corrected chi connectivity index (χ3v) is 3.45. The van der Waals surface area contributed by atoms with Crippen molar-refractivity contribution in [2.45, 2.75) is 13.0 Å². The molecule has 0 spiro atoms. The first-order valence-electron chi connectivity index (χ1n) is 6.14. The number of nitrogens with two attached hydrogens (primary N) is 1. The maximum absolute atomic E-state index is 7.57. The van der Waals surface area contributed by atoms with Crippen molar-refractivity contribution in [3.63, 3.8) is 0 Å². The van der Waals surface area contributed by atoms with Gasteiger partial charge in [0.05, 0.1) is 6.04 Å². The molecule has 1 aromatic heterocycles. The van der Waals surface area contributed by atoms with Gasteiger partial charge in [-0.1, -0.05) is 23.7 Å². The molecule has 6 heteroatoms. The number of hydrogen-bond donors (Lipinski definition) is 2. The normalized spacial score (nSPS) is 11.9. The summed E-state index contributed by atoms with van der Waals surface area (Å²) in [5.41, 5.74) is 7.03. The molecule has 104 valence electrons. The summed E-state index contributed by atoms with van der Waals surface area (Å²) >= 11 is 5.90. The summed E-state index contributed by atoms with van der Waals surface area (Å²) < 4.78 is 0. The van der Waals surface area contributed by atoms with E-state index in [2.05, 4.69) is 9.97 Å². The zero-order chi connectivity index (χ0) is 14.7. The Hall–Kier alpha value is -2.14. The zero-order valence-electron chi connectivity index (χ0n) is 11.3. The molecule has 0 aliphatic carbocycles. The fourth-order valence-corrected chi connectivity index (χ4v) is 2.05. The quantitative estimate of drug-likeness (QED) is 0.670. The lowest BCUT2D eigenvalue weighted by atomic mass is 10.1. The molecule has 0 bridgehead atoms. The summed E-state index contributed by atoms with van der Waals surface area (Å²) in [7, 11) is 1.90. The highest BCUT2D eigenvalue weighted by Crippen LogP contribution is 2.26. The number of amidine groups is 1. The summed E-state index contributed by atoms with van der Waals surface area (Å²) in [6.45, 7) is 2.04. The predicted octanol–water partition coefficient (Wildman–Crippen LogP) is 2.61. The van der Waals surface area contributed by atoms with E-state index in [1.165, 1.54) is 6.20 Å². The second-order valence-electron chi connectivity index (χ2n) is 4.48. The van der Waals surface area contributed by atoms with Gasteiger partial charge in [-0.25, -0.2) is 9.97 Å². The van der Waals surface area contributed by atoms with E-state index in [1.54, 1.807) is 6.20 Å². The van der Waals surface area contributed by atoms with Crippen LogP contribution in [0, 0.1) is 5.41 Å². The summed E-state index contributed by atoms with van der Waals surface area (Å²) in [5, 5.41) is 8.28. The van der Waals surface area contributed by atoms with E-state index in [1.807, 2.05) is 43.1 Å². The molecule has 2 aromatic rings. The Balaban J connectivity index is 2.33. The Kier molecular flexibility index (Phi) is 4.20. The molecule has 20 heavy (non-hydrogen) atoms. The fourth-order valence-electron chi connectivity index (χ4n) is 1.93. The van der Waals surface area contributed by atoms with Gasteiger partial charge in [0.15, 0.2) is 5.82 Å². The highest BCUT2D eigenvalue weighted by Gasteiger charge is 2.18. The molecule has 0 saturated carbocycles. The number of halogens is 1. The van der Waals surface area contributed by atoms with Crippen LogP contribution in [0.1, 0.15) is 24.2 Å². The van der Waals surface area contributed by atoms with Crippen molar-refractivity contribution in [1.82, 2.24) is 9.97 Å². The van der Waals surface area contributed by atoms with Crippen molar-refractivity contribution in [1.29, 1.82) is 5.41 Å². The topological polar surface area (TPSA) is 78.9 Å². The third-order valence-electron chi connectivity index (χ3n) is 3.20. The van der Waals surface area contributed by atoms with E-state index in [0.29, 0.717) is 16.5 Å². The summed E-state index contributed by atoms with van der Waals surface area (Å²) in [5.74, 6) is 0.491. The van der Waals surface area contributed by atoms with Gasteiger partial charge < -0.3 is 10.6 Å². The molecular formula is C14H16ClN5. The largest absolute Gasteiger partial charge is 0.382 e. The first-order valence-corrected chi connectivity index (χ1v) is 6.52. The average molecular weight is 290 g/mol. The fraction of sp³-hybridized carbons (Fsp3) is 0.214. The second-order valence-corrected chi connectivity index (χ2v) is 4.92. The molecule has 3 N–H and O–H groups in total. The number of anilines is 1. The maximum atomic E-state index is 7.57. The molecule has 1 atom stereocenters. The van der Waals surface area contributed by atoms with Gasteiger partial charge in [0.25, 0.3) is 0 Å². The van der Waals surface area contributed by atoms with Gasteiger partial charge in [-0.3, -0.25) is 5.41 Å². The number of nitrogen functional groups attached to an aromatic ring is 1. The van der Waals surface area contributed by atoms with Gasteiger partial charge in [0, 0.05) is 24.5 Å². The monoisotopic (exact) mass is 289 g/mol. The van der Waals surface area contributed by atoms with Gasteiger partial charge in [-0.2, -0.15) is 0 Å². The van der Waals surface area contributed by atoms with Crippen LogP contribution >= 0.6 is 11.6 Å². The number of nitrogens with zero attached hydrogens (tertiary/aromatic N) is 3. The van der Waals surface area contributed by atoms with E-state index in [9.17, 15) is 0 Å². The molecular weight excluding hydrogens is 274 g/mol. The van der Waals surface area contributed by atoms with E-state index in [-0.39, 0.29) is 11.9 Å². The number of benzene rings is 1. The van der Waals surface area contributed by atoms with Crippen LogP contribution in [0.5, 0.6) is 0 Å². The zero-order valence-corrected chi connectivity index (χ0v) is 12.1. The minimum Gasteiger partial charge on any atom is -0.382 e. The molecule has 0 amide bonds. The Morgan fingerprint density at radius 2 is 1.85 bits per heavy atom. The SMILES string of the molecule is CC(c1ccc(Cl)cc1)N(C)c1nccnc1C(=N)N. The highest BCUT2D eigenvalue weighted by molar-refractivity contribution is 6.30. The maximum Gasteiger partial charge on any atom is 0.158 e.